The Morgan fingerprint density at radius 2 is 2.06 bits per heavy atom. The van der Waals surface area contributed by atoms with Gasteiger partial charge in [0.2, 0.25) is 0 Å². The molecule has 0 spiro atoms. The van der Waals surface area contributed by atoms with Crippen LogP contribution in [0.5, 0.6) is 5.75 Å². The molecule has 0 amide bonds. The fourth-order valence-corrected chi connectivity index (χ4v) is 2.24. The fraction of sp³-hybridized carbons (Fsp3) is 0.500. The minimum absolute atomic E-state index is 0.498. The standard InChI is InChI=1S/C12H15ClFNO/c1-16-11-8-9(2-3-10(11)13)12(14)4-6-15-7-5-12/h2-3,8,15H,4-7H2,1H3. The first-order valence-electron chi connectivity index (χ1n) is 5.39. The highest BCUT2D eigenvalue weighted by atomic mass is 35.5. The van der Waals surface area contributed by atoms with E-state index in [2.05, 4.69) is 5.32 Å². The van der Waals surface area contributed by atoms with Crippen molar-refractivity contribution in [2.45, 2.75) is 18.5 Å². The van der Waals surface area contributed by atoms with Crippen molar-refractivity contribution in [1.29, 1.82) is 0 Å². The minimum Gasteiger partial charge on any atom is -0.495 e. The molecule has 88 valence electrons. The first kappa shape index (κ1) is 11.7. The summed E-state index contributed by atoms with van der Waals surface area (Å²) in [5.74, 6) is 0.537. The number of nitrogens with one attached hydrogen (secondary N) is 1. The number of rotatable bonds is 2. The van der Waals surface area contributed by atoms with Gasteiger partial charge in [-0.05, 0) is 43.6 Å². The Kier molecular flexibility index (Phi) is 3.36. The molecule has 1 heterocycles. The Morgan fingerprint density at radius 3 is 2.69 bits per heavy atom. The minimum atomic E-state index is -1.25. The van der Waals surface area contributed by atoms with Gasteiger partial charge in [0.1, 0.15) is 11.4 Å². The summed E-state index contributed by atoms with van der Waals surface area (Å²) in [6.45, 7) is 1.42. The highest BCUT2D eigenvalue weighted by molar-refractivity contribution is 6.32. The fourth-order valence-electron chi connectivity index (χ4n) is 2.05. The summed E-state index contributed by atoms with van der Waals surface area (Å²) in [7, 11) is 1.54. The zero-order valence-electron chi connectivity index (χ0n) is 9.22. The molecule has 1 fully saturated rings. The van der Waals surface area contributed by atoms with Crippen molar-refractivity contribution < 1.29 is 9.13 Å². The third kappa shape index (κ3) is 2.15. The molecule has 1 aromatic carbocycles. The molecule has 0 unspecified atom stereocenters. The van der Waals surface area contributed by atoms with Crippen LogP contribution in [0.1, 0.15) is 18.4 Å². The smallest absolute Gasteiger partial charge is 0.138 e. The van der Waals surface area contributed by atoms with Gasteiger partial charge in [0, 0.05) is 0 Å². The van der Waals surface area contributed by atoms with Gasteiger partial charge in [0.05, 0.1) is 12.1 Å². The Morgan fingerprint density at radius 1 is 1.38 bits per heavy atom. The van der Waals surface area contributed by atoms with E-state index in [4.69, 9.17) is 16.3 Å². The summed E-state index contributed by atoms with van der Waals surface area (Å²) in [6, 6.07) is 5.14. The predicted molar refractivity (Wildman–Crippen MR) is 62.9 cm³/mol. The molecule has 2 nitrogen and oxygen atoms in total. The van der Waals surface area contributed by atoms with Crippen molar-refractivity contribution in [3.63, 3.8) is 0 Å². The lowest BCUT2D eigenvalue weighted by Crippen LogP contribution is -2.36. The lowest BCUT2D eigenvalue weighted by atomic mass is 9.87. The van der Waals surface area contributed by atoms with E-state index in [0.29, 0.717) is 42.3 Å². The topological polar surface area (TPSA) is 21.3 Å². The second-order valence-electron chi connectivity index (χ2n) is 4.06. The summed E-state index contributed by atoms with van der Waals surface area (Å²) >= 11 is 5.92. The molecule has 0 aromatic heterocycles. The second kappa shape index (κ2) is 4.60. The molecular formula is C12H15ClFNO. The van der Waals surface area contributed by atoms with Crippen molar-refractivity contribution in [2.75, 3.05) is 20.2 Å². The molecule has 0 saturated carbocycles. The zero-order valence-corrected chi connectivity index (χ0v) is 9.98. The quantitative estimate of drug-likeness (QED) is 0.863. The Hall–Kier alpha value is -0.800. The summed E-state index contributed by atoms with van der Waals surface area (Å²) in [5, 5.41) is 3.67. The monoisotopic (exact) mass is 243 g/mol. The average Bonchev–Trinajstić information content (AvgIpc) is 2.30. The van der Waals surface area contributed by atoms with E-state index in [0.717, 1.165) is 0 Å². The van der Waals surface area contributed by atoms with Crippen molar-refractivity contribution >= 4 is 11.6 Å². The molecule has 1 aliphatic rings. The molecule has 1 aromatic rings. The molecule has 1 aliphatic heterocycles. The number of piperidine rings is 1. The first-order valence-corrected chi connectivity index (χ1v) is 5.77. The molecule has 0 bridgehead atoms. The van der Waals surface area contributed by atoms with Gasteiger partial charge in [0.15, 0.2) is 0 Å². The highest BCUT2D eigenvalue weighted by Gasteiger charge is 2.34. The van der Waals surface area contributed by atoms with E-state index < -0.39 is 5.67 Å². The average molecular weight is 244 g/mol. The molecule has 0 aliphatic carbocycles. The van der Waals surface area contributed by atoms with E-state index in [9.17, 15) is 4.39 Å². The number of alkyl halides is 1. The Labute approximate surface area is 99.7 Å². The molecule has 0 radical (unpaired) electrons. The summed E-state index contributed by atoms with van der Waals surface area (Å²) in [6.07, 6.45) is 0.996. The maximum absolute atomic E-state index is 14.6. The van der Waals surface area contributed by atoms with Crippen LogP contribution in [0.25, 0.3) is 0 Å². The van der Waals surface area contributed by atoms with Gasteiger partial charge in [0.25, 0.3) is 0 Å². The first-order chi connectivity index (χ1) is 7.65. The number of benzene rings is 1. The molecule has 0 atom stereocenters. The maximum atomic E-state index is 14.6. The summed E-state index contributed by atoms with van der Waals surface area (Å²) in [4.78, 5) is 0. The van der Waals surface area contributed by atoms with Gasteiger partial charge < -0.3 is 10.1 Å². The van der Waals surface area contributed by atoms with Gasteiger partial charge in [-0.15, -0.1) is 0 Å². The molecule has 2 rings (SSSR count). The third-order valence-electron chi connectivity index (χ3n) is 3.06. The van der Waals surface area contributed by atoms with Crippen LogP contribution in [0.15, 0.2) is 18.2 Å². The Balaban J connectivity index is 2.32. The number of methoxy groups -OCH3 is 1. The van der Waals surface area contributed by atoms with Crippen LogP contribution < -0.4 is 10.1 Å². The van der Waals surface area contributed by atoms with E-state index >= 15 is 0 Å². The van der Waals surface area contributed by atoms with Crippen molar-refractivity contribution in [3.05, 3.63) is 28.8 Å². The summed E-state index contributed by atoms with van der Waals surface area (Å²) in [5.41, 5.74) is -0.585. The molecule has 4 heteroatoms. The third-order valence-corrected chi connectivity index (χ3v) is 3.38. The number of ether oxygens (including phenoxy) is 1. The largest absolute Gasteiger partial charge is 0.495 e. The molecular weight excluding hydrogens is 229 g/mol. The van der Waals surface area contributed by atoms with Crippen LogP contribution >= 0.6 is 11.6 Å². The number of halogens is 2. The van der Waals surface area contributed by atoms with Gasteiger partial charge in [-0.2, -0.15) is 0 Å². The van der Waals surface area contributed by atoms with Gasteiger partial charge >= 0.3 is 0 Å². The van der Waals surface area contributed by atoms with Crippen LogP contribution in [0, 0.1) is 0 Å². The summed E-state index contributed by atoms with van der Waals surface area (Å²) < 4.78 is 19.7. The van der Waals surface area contributed by atoms with E-state index in [1.165, 1.54) is 0 Å². The number of hydrogen-bond acceptors (Lipinski definition) is 2. The lowest BCUT2D eigenvalue weighted by molar-refractivity contribution is 0.115. The molecule has 1 saturated heterocycles. The van der Waals surface area contributed by atoms with E-state index in [-0.39, 0.29) is 0 Å². The van der Waals surface area contributed by atoms with Crippen LogP contribution in [0.4, 0.5) is 4.39 Å². The normalized spacial score (nSPS) is 19.4. The van der Waals surface area contributed by atoms with Gasteiger partial charge in [-0.3, -0.25) is 0 Å². The van der Waals surface area contributed by atoms with Crippen LogP contribution in [0.2, 0.25) is 5.02 Å². The molecule has 1 N–H and O–H groups in total. The van der Waals surface area contributed by atoms with Gasteiger partial charge in [-0.25, -0.2) is 4.39 Å². The van der Waals surface area contributed by atoms with Crippen molar-refractivity contribution in [3.8, 4) is 5.75 Å². The SMILES string of the molecule is COc1cc(C2(F)CCNCC2)ccc1Cl. The second-order valence-corrected chi connectivity index (χ2v) is 4.47. The Bertz CT molecular complexity index is 377. The zero-order chi connectivity index (χ0) is 11.6. The van der Waals surface area contributed by atoms with Crippen molar-refractivity contribution in [1.82, 2.24) is 5.32 Å². The van der Waals surface area contributed by atoms with Crippen LogP contribution in [0.3, 0.4) is 0 Å². The maximum Gasteiger partial charge on any atom is 0.138 e. The number of hydrogen-bond donors (Lipinski definition) is 1. The van der Waals surface area contributed by atoms with E-state index in [1.807, 2.05) is 0 Å². The predicted octanol–water partition coefficient (Wildman–Crippen LogP) is 2.90. The van der Waals surface area contributed by atoms with Crippen LogP contribution in [-0.4, -0.2) is 20.2 Å². The highest BCUT2D eigenvalue weighted by Crippen LogP contribution is 2.38. The van der Waals surface area contributed by atoms with Crippen molar-refractivity contribution in [2.24, 2.45) is 0 Å². The molecule has 16 heavy (non-hydrogen) atoms. The van der Waals surface area contributed by atoms with E-state index in [1.54, 1.807) is 25.3 Å². The lowest BCUT2D eigenvalue weighted by Gasteiger charge is -2.30. The van der Waals surface area contributed by atoms with Gasteiger partial charge in [-0.1, -0.05) is 17.7 Å². The van der Waals surface area contributed by atoms with Crippen LogP contribution in [-0.2, 0) is 5.67 Å².